The number of nitrogens with zero attached hydrogens (tertiary/aromatic N) is 1. The molecule has 1 aromatic rings. The van der Waals surface area contributed by atoms with Crippen molar-refractivity contribution >= 4 is 41.4 Å². The van der Waals surface area contributed by atoms with Gasteiger partial charge in [0.1, 0.15) is 18.1 Å². The van der Waals surface area contributed by atoms with Crippen molar-refractivity contribution < 1.29 is 29.1 Å². The second-order valence-corrected chi connectivity index (χ2v) is 9.47. The van der Waals surface area contributed by atoms with Crippen LogP contribution >= 0.6 is 11.8 Å². The molecule has 4 unspecified atom stereocenters. The summed E-state index contributed by atoms with van der Waals surface area (Å²) in [4.78, 5) is 68.4. The number of hydrogen-bond donors (Lipinski definition) is 8. The molecule has 0 bridgehead atoms. The molecule has 0 aliphatic rings. The Hall–Kier alpha value is -3.17. The number of nitrogens with two attached hydrogens (primary N) is 3. The van der Waals surface area contributed by atoms with Crippen molar-refractivity contribution in [2.45, 2.75) is 69.1 Å². The van der Waals surface area contributed by atoms with Gasteiger partial charge in [-0.2, -0.15) is 11.8 Å². The molecule has 4 atom stereocenters. The SMILES string of the molecule is CSCCC(N)C(=O)NC(CCC(N)=O)C(=O)NC(Cc1cnc[nH]1)C(=O)NC(CCCCN)C(=O)O. The largest absolute Gasteiger partial charge is 0.480 e. The van der Waals surface area contributed by atoms with E-state index in [2.05, 4.69) is 25.9 Å². The van der Waals surface area contributed by atoms with Crippen LogP contribution < -0.4 is 33.2 Å². The van der Waals surface area contributed by atoms with Crippen LogP contribution in [0, 0.1) is 0 Å². The quantitative estimate of drug-likeness (QED) is 0.0890. The minimum Gasteiger partial charge on any atom is -0.480 e. The van der Waals surface area contributed by atoms with E-state index < -0.39 is 53.8 Å². The number of thioether (sulfide) groups is 1. The van der Waals surface area contributed by atoms with Crippen LogP contribution in [0.3, 0.4) is 0 Å². The average molecular weight is 543 g/mol. The third-order valence-electron chi connectivity index (χ3n) is 5.46. The van der Waals surface area contributed by atoms with Crippen LogP contribution in [-0.2, 0) is 30.4 Å². The number of aliphatic carboxylic acids is 1. The van der Waals surface area contributed by atoms with Gasteiger partial charge in [-0.15, -0.1) is 0 Å². The van der Waals surface area contributed by atoms with Gasteiger partial charge in [0.2, 0.25) is 23.6 Å². The molecule has 208 valence electrons. The highest BCUT2D eigenvalue weighted by Crippen LogP contribution is 2.07. The van der Waals surface area contributed by atoms with E-state index in [-0.39, 0.29) is 25.7 Å². The zero-order valence-electron chi connectivity index (χ0n) is 20.9. The van der Waals surface area contributed by atoms with Gasteiger partial charge in [-0.1, -0.05) is 0 Å². The first kappa shape index (κ1) is 31.9. The Morgan fingerprint density at radius 1 is 1.00 bits per heavy atom. The van der Waals surface area contributed by atoms with E-state index in [1.54, 1.807) is 0 Å². The van der Waals surface area contributed by atoms with Crippen LogP contribution in [0.4, 0.5) is 0 Å². The molecule has 1 aromatic heterocycles. The molecular weight excluding hydrogens is 504 g/mol. The Balaban J connectivity index is 3.04. The van der Waals surface area contributed by atoms with Gasteiger partial charge < -0.3 is 43.2 Å². The second-order valence-electron chi connectivity index (χ2n) is 8.48. The summed E-state index contributed by atoms with van der Waals surface area (Å²) < 4.78 is 0. The lowest BCUT2D eigenvalue weighted by Crippen LogP contribution is -2.57. The first-order valence-electron chi connectivity index (χ1n) is 11.9. The van der Waals surface area contributed by atoms with Crippen LogP contribution in [0.25, 0.3) is 0 Å². The number of nitrogens with one attached hydrogen (secondary N) is 4. The van der Waals surface area contributed by atoms with Gasteiger partial charge in [-0.25, -0.2) is 9.78 Å². The van der Waals surface area contributed by atoms with Crippen LogP contribution in [0.1, 0.15) is 44.2 Å². The molecule has 37 heavy (non-hydrogen) atoms. The maximum Gasteiger partial charge on any atom is 0.326 e. The Morgan fingerprint density at radius 2 is 1.65 bits per heavy atom. The monoisotopic (exact) mass is 542 g/mol. The number of carbonyl (C=O) groups is 5. The molecule has 14 nitrogen and oxygen atoms in total. The molecule has 15 heteroatoms. The average Bonchev–Trinajstić information content (AvgIpc) is 3.36. The summed E-state index contributed by atoms with van der Waals surface area (Å²) >= 11 is 1.51. The summed E-state index contributed by atoms with van der Waals surface area (Å²) in [5.74, 6) is -3.33. The normalized spacial score (nSPS) is 14.1. The number of carboxylic acids is 1. The number of primary amides is 1. The number of aromatic amines is 1. The fourth-order valence-electron chi connectivity index (χ4n) is 3.33. The van der Waals surface area contributed by atoms with Crippen molar-refractivity contribution in [3.05, 3.63) is 18.2 Å². The lowest BCUT2D eigenvalue weighted by Gasteiger charge is -2.25. The molecule has 0 fully saturated rings. The molecule has 1 heterocycles. The molecule has 0 aromatic carbocycles. The highest BCUT2D eigenvalue weighted by Gasteiger charge is 2.30. The number of carboxylic acid groups (broad SMARTS) is 1. The number of hydrogen-bond acceptors (Lipinski definition) is 9. The number of amides is 4. The highest BCUT2D eigenvalue weighted by molar-refractivity contribution is 7.98. The van der Waals surface area contributed by atoms with Crippen LogP contribution in [0.2, 0.25) is 0 Å². The molecule has 0 aliphatic carbocycles. The first-order valence-corrected chi connectivity index (χ1v) is 13.3. The molecule has 11 N–H and O–H groups in total. The Bertz CT molecular complexity index is 885. The fourth-order valence-corrected chi connectivity index (χ4v) is 3.82. The van der Waals surface area contributed by atoms with Gasteiger partial charge in [-0.05, 0) is 50.7 Å². The fraction of sp³-hybridized carbons (Fsp3) is 0.636. The number of aromatic nitrogens is 2. The minimum absolute atomic E-state index is 0.0313. The predicted octanol–water partition coefficient (Wildman–Crippen LogP) is -2.03. The van der Waals surface area contributed by atoms with Gasteiger partial charge in [0.15, 0.2) is 0 Å². The summed E-state index contributed by atoms with van der Waals surface area (Å²) in [6.45, 7) is 0.387. The van der Waals surface area contributed by atoms with E-state index in [1.165, 1.54) is 24.3 Å². The Kier molecular flexibility index (Phi) is 14.9. The van der Waals surface area contributed by atoms with Gasteiger partial charge in [-0.3, -0.25) is 19.2 Å². The van der Waals surface area contributed by atoms with Crippen molar-refractivity contribution in [3.63, 3.8) is 0 Å². The summed E-state index contributed by atoms with van der Waals surface area (Å²) in [6.07, 6.45) is 6.00. The maximum absolute atomic E-state index is 13.1. The third-order valence-corrected chi connectivity index (χ3v) is 6.10. The lowest BCUT2D eigenvalue weighted by molar-refractivity contribution is -0.142. The molecule has 4 amide bonds. The van der Waals surface area contributed by atoms with E-state index >= 15 is 0 Å². The number of H-pyrrole nitrogens is 1. The van der Waals surface area contributed by atoms with E-state index in [4.69, 9.17) is 17.2 Å². The number of unbranched alkanes of at least 4 members (excludes halogenated alkanes) is 1. The summed E-state index contributed by atoms with van der Waals surface area (Å²) in [5.41, 5.74) is 17.1. The van der Waals surface area contributed by atoms with Crippen molar-refractivity contribution in [2.75, 3.05) is 18.6 Å². The molecule has 0 spiro atoms. The number of carbonyl (C=O) groups excluding carboxylic acids is 4. The standard InChI is InChI=1S/C22H38N8O6S/c1-37-9-7-14(24)19(32)28-15(5-6-18(25)31)20(33)30-17(10-13-11-26-12-27-13)21(34)29-16(22(35)36)4-2-3-8-23/h11-12,14-17H,2-10,23-24H2,1H3,(H2,25,31)(H,26,27)(H,28,32)(H,29,34)(H,30,33)(H,35,36). The van der Waals surface area contributed by atoms with Crippen molar-refractivity contribution in [2.24, 2.45) is 17.2 Å². The Labute approximate surface area is 219 Å². The van der Waals surface area contributed by atoms with Gasteiger partial charge >= 0.3 is 5.97 Å². The summed E-state index contributed by atoms with van der Waals surface area (Å²) in [7, 11) is 0. The first-order chi connectivity index (χ1) is 17.6. The molecule has 0 aliphatic heterocycles. The lowest BCUT2D eigenvalue weighted by atomic mass is 10.1. The number of imidazole rings is 1. The topological polar surface area (TPSA) is 248 Å². The van der Waals surface area contributed by atoms with Crippen molar-refractivity contribution in [3.8, 4) is 0 Å². The molecular formula is C22H38N8O6S. The minimum atomic E-state index is -1.22. The van der Waals surface area contributed by atoms with Crippen molar-refractivity contribution in [1.82, 2.24) is 25.9 Å². The van der Waals surface area contributed by atoms with Crippen LogP contribution in [-0.4, -0.2) is 87.4 Å². The predicted molar refractivity (Wildman–Crippen MR) is 138 cm³/mol. The molecule has 1 rings (SSSR count). The summed E-state index contributed by atoms with van der Waals surface area (Å²) in [6, 6.07) is -4.45. The number of rotatable bonds is 19. The van der Waals surface area contributed by atoms with Crippen LogP contribution in [0.5, 0.6) is 0 Å². The zero-order chi connectivity index (χ0) is 27.8. The Morgan fingerprint density at radius 3 is 2.22 bits per heavy atom. The van der Waals surface area contributed by atoms with Crippen LogP contribution in [0.15, 0.2) is 12.5 Å². The van der Waals surface area contributed by atoms with E-state index in [0.717, 1.165) is 0 Å². The third kappa shape index (κ3) is 12.6. The van der Waals surface area contributed by atoms with E-state index in [9.17, 15) is 29.1 Å². The van der Waals surface area contributed by atoms with E-state index in [1.807, 2.05) is 6.26 Å². The molecule has 0 saturated carbocycles. The second kappa shape index (κ2) is 17.3. The van der Waals surface area contributed by atoms with E-state index in [0.29, 0.717) is 37.3 Å². The maximum atomic E-state index is 13.1. The zero-order valence-corrected chi connectivity index (χ0v) is 21.7. The van der Waals surface area contributed by atoms with Crippen molar-refractivity contribution in [1.29, 1.82) is 0 Å². The molecule has 0 saturated heterocycles. The molecule has 0 radical (unpaired) electrons. The summed E-state index contributed by atoms with van der Waals surface area (Å²) in [5, 5.41) is 17.0. The highest BCUT2D eigenvalue weighted by atomic mass is 32.2. The van der Waals surface area contributed by atoms with Gasteiger partial charge in [0.05, 0.1) is 12.4 Å². The van der Waals surface area contributed by atoms with Gasteiger partial charge in [0, 0.05) is 24.7 Å². The smallest absolute Gasteiger partial charge is 0.326 e. The van der Waals surface area contributed by atoms with Gasteiger partial charge in [0.25, 0.3) is 0 Å².